The summed E-state index contributed by atoms with van der Waals surface area (Å²) in [5.41, 5.74) is 3.33. The van der Waals surface area contributed by atoms with E-state index in [1.54, 1.807) is 11.6 Å². The molecule has 24 heavy (non-hydrogen) atoms. The number of nitrogens with zero attached hydrogens (tertiary/aromatic N) is 1. The summed E-state index contributed by atoms with van der Waals surface area (Å²) >= 11 is 0. The second-order valence-corrected chi connectivity index (χ2v) is 6.27. The summed E-state index contributed by atoms with van der Waals surface area (Å²) in [6.07, 6.45) is 0.184. The molecule has 0 aliphatic carbocycles. The van der Waals surface area contributed by atoms with Crippen molar-refractivity contribution in [3.8, 4) is 5.75 Å². The van der Waals surface area contributed by atoms with Gasteiger partial charge in [-0.3, -0.25) is 9.59 Å². The highest BCUT2D eigenvalue weighted by Crippen LogP contribution is 2.40. The molecule has 0 radical (unpaired) electrons. The van der Waals surface area contributed by atoms with Crippen LogP contribution in [0.25, 0.3) is 10.9 Å². The number of para-hydroxylation sites is 1. The Hall–Kier alpha value is -2.88. The van der Waals surface area contributed by atoms with Gasteiger partial charge < -0.3 is 9.30 Å². The number of rotatable bonds is 1. The SMILES string of the molecule is Cc1ccc([C@H]2CC(=O)Oc3c2c(=O)n(C)c2ccccc32)cc1. The maximum Gasteiger partial charge on any atom is 0.312 e. The first-order valence-electron chi connectivity index (χ1n) is 7.95. The first kappa shape index (κ1) is 14.7. The lowest BCUT2D eigenvalue weighted by Gasteiger charge is -2.26. The molecule has 4 heteroatoms. The first-order chi connectivity index (χ1) is 11.6. The van der Waals surface area contributed by atoms with Gasteiger partial charge >= 0.3 is 5.97 Å². The van der Waals surface area contributed by atoms with E-state index in [4.69, 9.17) is 4.74 Å². The maximum absolute atomic E-state index is 13.0. The van der Waals surface area contributed by atoms with Crippen molar-refractivity contribution in [1.82, 2.24) is 4.57 Å². The van der Waals surface area contributed by atoms with Gasteiger partial charge in [0.15, 0.2) is 0 Å². The Bertz CT molecular complexity index is 1020. The quantitative estimate of drug-likeness (QED) is 0.647. The van der Waals surface area contributed by atoms with Crippen LogP contribution in [-0.4, -0.2) is 10.5 Å². The molecule has 0 bridgehead atoms. The van der Waals surface area contributed by atoms with Gasteiger partial charge in [0.25, 0.3) is 5.56 Å². The normalized spacial score (nSPS) is 16.8. The standard InChI is InChI=1S/C20H17NO3/c1-12-7-9-13(10-8-12)15-11-17(22)24-19-14-5-3-4-6-16(14)21(2)20(23)18(15)19/h3-10,15H,11H2,1-2H3/t15-/m1/s1. The minimum absolute atomic E-state index is 0.109. The average molecular weight is 319 g/mol. The summed E-state index contributed by atoms with van der Waals surface area (Å²) in [4.78, 5) is 25.1. The molecule has 2 aromatic carbocycles. The van der Waals surface area contributed by atoms with Crippen LogP contribution in [0.2, 0.25) is 0 Å². The lowest BCUT2D eigenvalue weighted by Crippen LogP contribution is -2.31. The molecule has 0 N–H and O–H groups in total. The van der Waals surface area contributed by atoms with Crippen LogP contribution in [0, 0.1) is 6.92 Å². The van der Waals surface area contributed by atoms with E-state index in [-0.39, 0.29) is 23.9 Å². The number of esters is 1. The van der Waals surface area contributed by atoms with Gasteiger partial charge in [0.1, 0.15) is 5.75 Å². The number of carbonyl (C=O) groups is 1. The summed E-state index contributed by atoms with van der Waals surface area (Å²) in [5, 5.41) is 0.791. The van der Waals surface area contributed by atoms with Crippen LogP contribution in [-0.2, 0) is 11.8 Å². The fourth-order valence-corrected chi connectivity index (χ4v) is 3.42. The van der Waals surface area contributed by atoms with Crippen molar-refractivity contribution in [2.75, 3.05) is 0 Å². The molecule has 2 heterocycles. The molecule has 4 rings (SSSR count). The molecule has 0 saturated heterocycles. The lowest BCUT2D eigenvalue weighted by molar-refractivity contribution is -0.135. The number of ether oxygens (including phenoxy) is 1. The lowest BCUT2D eigenvalue weighted by atomic mass is 9.86. The Morgan fingerprint density at radius 2 is 1.75 bits per heavy atom. The molecule has 0 spiro atoms. The Morgan fingerprint density at radius 3 is 2.50 bits per heavy atom. The first-order valence-corrected chi connectivity index (χ1v) is 7.95. The van der Waals surface area contributed by atoms with Gasteiger partial charge in [-0.2, -0.15) is 0 Å². The van der Waals surface area contributed by atoms with Crippen molar-refractivity contribution in [3.05, 3.63) is 75.6 Å². The van der Waals surface area contributed by atoms with E-state index in [1.807, 2.05) is 55.5 Å². The van der Waals surface area contributed by atoms with Gasteiger partial charge in [-0.25, -0.2) is 0 Å². The minimum Gasteiger partial charge on any atom is -0.425 e. The zero-order chi connectivity index (χ0) is 16.8. The zero-order valence-electron chi connectivity index (χ0n) is 13.6. The van der Waals surface area contributed by atoms with Crippen LogP contribution in [0.15, 0.2) is 53.3 Å². The Labute approximate surface area is 139 Å². The molecule has 120 valence electrons. The predicted molar refractivity (Wildman–Crippen MR) is 92.5 cm³/mol. The van der Waals surface area contributed by atoms with E-state index in [0.717, 1.165) is 22.0 Å². The molecule has 0 fully saturated rings. The number of carbonyl (C=O) groups excluding carboxylic acids is 1. The fraction of sp³-hybridized carbons (Fsp3) is 0.200. The molecule has 1 aliphatic heterocycles. The monoisotopic (exact) mass is 319 g/mol. The van der Waals surface area contributed by atoms with Crippen LogP contribution < -0.4 is 10.3 Å². The number of fused-ring (bicyclic) bond motifs is 3. The summed E-state index contributed by atoms with van der Waals surface area (Å²) in [7, 11) is 1.76. The summed E-state index contributed by atoms with van der Waals surface area (Å²) in [6, 6.07) is 15.5. The smallest absolute Gasteiger partial charge is 0.312 e. The highest BCUT2D eigenvalue weighted by molar-refractivity contribution is 5.91. The summed E-state index contributed by atoms with van der Waals surface area (Å²) in [5.74, 6) is -0.160. The summed E-state index contributed by atoms with van der Waals surface area (Å²) in [6.45, 7) is 2.01. The van der Waals surface area contributed by atoms with Gasteiger partial charge in [0, 0.05) is 18.4 Å². The van der Waals surface area contributed by atoms with Gasteiger partial charge in [-0.15, -0.1) is 0 Å². The molecule has 3 aromatic rings. The van der Waals surface area contributed by atoms with Gasteiger partial charge in [0.2, 0.25) is 0 Å². The Kier molecular flexibility index (Phi) is 3.27. The second-order valence-electron chi connectivity index (χ2n) is 6.27. The third kappa shape index (κ3) is 2.14. The van der Waals surface area contributed by atoms with Gasteiger partial charge in [0.05, 0.1) is 17.5 Å². The van der Waals surface area contributed by atoms with Crippen molar-refractivity contribution in [2.45, 2.75) is 19.3 Å². The van der Waals surface area contributed by atoms with Crippen molar-refractivity contribution in [3.63, 3.8) is 0 Å². The molecular formula is C20H17NO3. The second kappa shape index (κ2) is 5.34. The van der Waals surface area contributed by atoms with E-state index in [9.17, 15) is 9.59 Å². The van der Waals surface area contributed by atoms with Crippen LogP contribution in [0.5, 0.6) is 5.75 Å². The molecular weight excluding hydrogens is 302 g/mol. The van der Waals surface area contributed by atoms with E-state index in [1.165, 1.54) is 0 Å². The minimum atomic E-state index is -0.300. The molecule has 0 amide bonds. The highest BCUT2D eigenvalue weighted by Gasteiger charge is 2.33. The number of hydrogen-bond donors (Lipinski definition) is 0. The van der Waals surface area contributed by atoms with Gasteiger partial charge in [-0.05, 0) is 24.6 Å². The molecule has 0 unspecified atom stereocenters. The van der Waals surface area contributed by atoms with E-state index in [0.29, 0.717) is 11.3 Å². The molecule has 1 atom stereocenters. The van der Waals surface area contributed by atoms with Crippen LogP contribution in [0.4, 0.5) is 0 Å². The predicted octanol–water partition coefficient (Wildman–Crippen LogP) is 3.29. The number of aryl methyl sites for hydroxylation is 2. The largest absolute Gasteiger partial charge is 0.425 e. The van der Waals surface area contributed by atoms with Gasteiger partial charge in [-0.1, -0.05) is 42.0 Å². The topological polar surface area (TPSA) is 48.3 Å². The van der Waals surface area contributed by atoms with Crippen molar-refractivity contribution in [1.29, 1.82) is 0 Å². The molecule has 1 aliphatic rings. The van der Waals surface area contributed by atoms with Crippen molar-refractivity contribution < 1.29 is 9.53 Å². The van der Waals surface area contributed by atoms with Crippen molar-refractivity contribution in [2.24, 2.45) is 7.05 Å². The van der Waals surface area contributed by atoms with Crippen LogP contribution in [0.3, 0.4) is 0 Å². The third-order valence-electron chi connectivity index (χ3n) is 4.70. The molecule has 4 nitrogen and oxygen atoms in total. The Balaban J connectivity index is 2.05. The summed E-state index contributed by atoms with van der Waals surface area (Å²) < 4.78 is 7.14. The average Bonchev–Trinajstić information content (AvgIpc) is 2.59. The van der Waals surface area contributed by atoms with E-state index in [2.05, 4.69) is 0 Å². The third-order valence-corrected chi connectivity index (χ3v) is 4.70. The van der Waals surface area contributed by atoms with Crippen LogP contribution in [0.1, 0.15) is 29.0 Å². The zero-order valence-corrected chi connectivity index (χ0v) is 13.6. The fourth-order valence-electron chi connectivity index (χ4n) is 3.42. The number of hydrogen-bond acceptors (Lipinski definition) is 3. The van der Waals surface area contributed by atoms with Crippen molar-refractivity contribution >= 4 is 16.9 Å². The maximum atomic E-state index is 13.0. The number of aromatic nitrogens is 1. The van der Waals surface area contributed by atoms with E-state index < -0.39 is 0 Å². The Morgan fingerprint density at radius 1 is 1.04 bits per heavy atom. The molecule has 1 aromatic heterocycles. The molecule has 0 saturated carbocycles. The number of pyridine rings is 1. The number of benzene rings is 2. The van der Waals surface area contributed by atoms with E-state index >= 15 is 0 Å². The highest BCUT2D eigenvalue weighted by atomic mass is 16.5. The van der Waals surface area contributed by atoms with Crippen LogP contribution >= 0.6 is 0 Å².